The van der Waals surface area contributed by atoms with E-state index in [-0.39, 0.29) is 0 Å². The second-order valence-corrected chi connectivity index (χ2v) is 5.75. The zero-order valence-corrected chi connectivity index (χ0v) is 12.1. The highest BCUT2D eigenvalue weighted by Gasteiger charge is 2.22. The van der Waals surface area contributed by atoms with Gasteiger partial charge >= 0.3 is 0 Å². The minimum Gasteiger partial charge on any atom is -0.328 e. The van der Waals surface area contributed by atoms with Gasteiger partial charge in [0.05, 0.1) is 24.4 Å². The maximum absolute atomic E-state index is 6.00. The number of aromatic nitrogens is 4. The predicted molar refractivity (Wildman–Crippen MR) is 79.2 cm³/mol. The molecule has 108 valence electrons. The van der Waals surface area contributed by atoms with Crippen LogP contribution in [0.25, 0.3) is 11.3 Å². The van der Waals surface area contributed by atoms with E-state index in [1.54, 1.807) is 0 Å². The monoisotopic (exact) mass is 273 g/mol. The molecule has 3 rings (SSSR count). The molecule has 0 bridgehead atoms. The molecule has 0 amide bonds. The van der Waals surface area contributed by atoms with E-state index in [1.807, 2.05) is 23.4 Å². The van der Waals surface area contributed by atoms with Crippen LogP contribution in [0.1, 0.15) is 45.1 Å². The van der Waals surface area contributed by atoms with Gasteiger partial charge in [-0.25, -0.2) is 4.98 Å². The molecule has 0 atom stereocenters. The predicted octanol–water partition coefficient (Wildman–Crippen LogP) is 2.60. The molecule has 0 aromatic carbocycles. The van der Waals surface area contributed by atoms with E-state index in [1.165, 1.54) is 5.69 Å². The maximum Gasteiger partial charge on any atom is 0.0953 e. The summed E-state index contributed by atoms with van der Waals surface area (Å²) in [4.78, 5) is 4.34. The van der Waals surface area contributed by atoms with Crippen LogP contribution < -0.4 is 5.73 Å². The first kappa shape index (κ1) is 13.4. The number of aryl methyl sites for hydroxylation is 1. The number of nitrogens with two attached hydrogens (primary N) is 1. The molecule has 0 radical (unpaired) electrons. The molecular formula is C15H23N5. The molecule has 1 saturated carbocycles. The molecule has 2 heterocycles. The summed E-state index contributed by atoms with van der Waals surface area (Å²) < 4.78 is 4.31. The Morgan fingerprint density at radius 2 is 2.05 bits per heavy atom. The fourth-order valence-corrected chi connectivity index (χ4v) is 3.05. The first-order valence-corrected chi connectivity index (χ1v) is 7.58. The minimum atomic E-state index is 0.380. The Hall–Kier alpha value is -1.62. The summed E-state index contributed by atoms with van der Waals surface area (Å²) in [5, 5.41) is 4.42. The van der Waals surface area contributed by atoms with Crippen molar-refractivity contribution in [3.05, 3.63) is 24.9 Å². The average molecular weight is 273 g/mol. The van der Waals surface area contributed by atoms with Crippen molar-refractivity contribution < 1.29 is 0 Å². The Kier molecular flexibility index (Phi) is 3.87. The van der Waals surface area contributed by atoms with Gasteiger partial charge in [-0.3, -0.25) is 4.68 Å². The summed E-state index contributed by atoms with van der Waals surface area (Å²) in [7, 11) is 0. The van der Waals surface area contributed by atoms with Crippen LogP contribution in [0.4, 0.5) is 0 Å². The lowest BCUT2D eigenvalue weighted by Crippen LogP contribution is -2.27. The third-order valence-corrected chi connectivity index (χ3v) is 4.18. The van der Waals surface area contributed by atoms with Gasteiger partial charge in [0.2, 0.25) is 0 Å². The Morgan fingerprint density at radius 3 is 2.80 bits per heavy atom. The van der Waals surface area contributed by atoms with Crippen LogP contribution in [0.3, 0.4) is 0 Å². The summed E-state index contributed by atoms with van der Waals surface area (Å²) >= 11 is 0. The molecule has 20 heavy (non-hydrogen) atoms. The van der Waals surface area contributed by atoms with E-state index in [2.05, 4.69) is 27.8 Å². The fourth-order valence-electron chi connectivity index (χ4n) is 3.05. The lowest BCUT2D eigenvalue weighted by Gasteiger charge is -2.28. The highest BCUT2D eigenvalue weighted by atomic mass is 15.3. The number of nitrogens with zero attached hydrogens (tertiary/aromatic N) is 4. The Labute approximate surface area is 119 Å². The van der Waals surface area contributed by atoms with Crippen LogP contribution in [0.15, 0.2) is 24.9 Å². The van der Waals surface area contributed by atoms with Crippen LogP contribution >= 0.6 is 0 Å². The standard InChI is InChI=1S/C15H23N5/c1-2-7-19-10-12(8-18-19)15-9-17-11-20(15)14-5-3-13(16)4-6-14/h8-11,13-14H,2-7,16H2,1H3. The highest BCUT2D eigenvalue weighted by Crippen LogP contribution is 2.31. The maximum atomic E-state index is 6.00. The third-order valence-electron chi connectivity index (χ3n) is 4.18. The minimum absolute atomic E-state index is 0.380. The zero-order chi connectivity index (χ0) is 13.9. The molecular weight excluding hydrogens is 250 g/mol. The molecule has 5 nitrogen and oxygen atoms in total. The van der Waals surface area contributed by atoms with Gasteiger partial charge in [-0.15, -0.1) is 0 Å². The van der Waals surface area contributed by atoms with Gasteiger partial charge in [-0.05, 0) is 32.1 Å². The van der Waals surface area contributed by atoms with Gasteiger partial charge in [-0.2, -0.15) is 5.10 Å². The van der Waals surface area contributed by atoms with Crippen molar-refractivity contribution in [3.63, 3.8) is 0 Å². The van der Waals surface area contributed by atoms with Crippen molar-refractivity contribution >= 4 is 0 Å². The lowest BCUT2D eigenvalue weighted by atomic mass is 9.91. The normalized spacial score (nSPS) is 23.1. The molecule has 2 aromatic rings. The summed E-state index contributed by atoms with van der Waals surface area (Å²) in [6.07, 6.45) is 13.6. The molecule has 0 spiro atoms. The van der Waals surface area contributed by atoms with Crippen molar-refractivity contribution in [1.29, 1.82) is 0 Å². The summed E-state index contributed by atoms with van der Waals surface area (Å²) in [5.74, 6) is 0. The molecule has 1 aliphatic rings. The van der Waals surface area contributed by atoms with Crippen LogP contribution in [0, 0.1) is 0 Å². The quantitative estimate of drug-likeness (QED) is 0.931. The summed E-state index contributed by atoms with van der Waals surface area (Å²) in [6.45, 7) is 3.13. The SMILES string of the molecule is CCCn1cc(-c2cncn2C2CCC(N)CC2)cn1. The van der Waals surface area contributed by atoms with Crippen LogP contribution in [-0.4, -0.2) is 25.4 Å². The largest absolute Gasteiger partial charge is 0.328 e. The van der Waals surface area contributed by atoms with Gasteiger partial charge in [-0.1, -0.05) is 6.92 Å². The van der Waals surface area contributed by atoms with E-state index in [4.69, 9.17) is 5.73 Å². The van der Waals surface area contributed by atoms with E-state index < -0.39 is 0 Å². The number of rotatable bonds is 4. The first-order chi connectivity index (χ1) is 9.78. The third kappa shape index (κ3) is 2.63. The summed E-state index contributed by atoms with van der Waals surface area (Å²) in [6, 6.07) is 0.910. The van der Waals surface area contributed by atoms with Gasteiger partial charge in [0, 0.05) is 30.4 Å². The molecule has 0 saturated heterocycles. The van der Waals surface area contributed by atoms with E-state index >= 15 is 0 Å². The Balaban J connectivity index is 1.82. The number of imidazole rings is 1. The highest BCUT2D eigenvalue weighted by molar-refractivity contribution is 5.56. The molecule has 0 unspecified atom stereocenters. The first-order valence-electron chi connectivity index (χ1n) is 7.58. The number of hydrogen-bond acceptors (Lipinski definition) is 3. The average Bonchev–Trinajstić information content (AvgIpc) is 3.08. The van der Waals surface area contributed by atoms with Gasteiger partial charge < -0.3 is 10.3 Å². The second kappa shape index (κ2) is 5.79. The van der Waals surface area contributed by atoms with Crippen molar-refractivity contribution in [1.82, 2.24) is 19.3 Å². The number of hydrogen-bond donors (Lipinski definition) is 1. The molecule has 2 N–H and O–H groups in total. The van der Waals surface area contributed by atoms with Gasteiger partial charge in [0.25, 0.3) is 0 Å². The van der Waals surface area contributed by atoms with Crippen LogP contribution in [-0.2, 0) is 6.54 Å². The molecule has 1 aliphatic carbocycles. The Morgan fingerprint density at radius 1 is 1.25 bits per heavy atom. The molecule has 0 aliphatic heterocycles. The smallest absolute Gasteiger partial charge is 0.0953 e. The lowest BCUT2D eigenvalue weighted by molar-refractivity contribution is 0.325. The van der Waals surface area contributed by atoms with Gasteiger partial charge in [0.15, 0.2) is 0 Å². The summed E-state index contributed by atoms with van der Waals surface area (Å²) in [5.41, 5.74) is 8.33. The van der Waals surface area contributed by atoms with Gasteiger partial charge in [0.1, 0.15) is 0 Å². The Bertz CT molecular complexity index is 548. The van der Waals surface area contributed by atoms with Crippen molar-refractivity contribution in [2.75, 3.05) is 0 Å². The van der Waals surface area contributed by atoms with E-state index in [0.29, 0.717) is 12.1 Å². The molecule has 2 aromatic heterocycles. The molecule has 1 fully saturated rings. The fraction of sp³-hybridized carbons (Fsp3) is 0.600. The van der Waals surface area contributed by atoms with Crippen molar-refractivity contribution in [2.24, 2.45) is 5.73 Å². The molecule has 5 heteroatoms. The van der Waals surface area contributed by atoms with Crippen molar-refractivity contribution in [3.8, 4) is 11.3 Å². The van der Waals surface area contributed by atoms with Crippen molar-refractivity contribution in [2.45, 2.75) is 57.7 Å². The zero-order valence-electron chi connectivity index (χ0n) is 12.1. The van der Waals surface area contributed by atoms with Crippen LogP contribution in [0.5, 0.6) is 0 Å². The van der Waals surface area contributed by atoms with E-state index in [0.717, 1.165) is 44.2 Å². The second-order valence-electron chi connectivity index (χ2n) is 5.75. The topological polar surface area (TPSA) is 61.7 Å². The van der Waals surface area contributed by atoms with Crippen LogP contribution in [0.2, 0.25) is 0 Å². The van der Waals surface area contributed by atoms with E-state index in [9.17, 15) is 0 Å².